The minimum Gasteiger partial charge on any atom is -0.493 e. The third-order valence-electron chi connectivity index (χ3n) is 3.30. The molecule has 0 radical (unpaired) electrons. The van der Waals surface area contributed by atoms with Gasteiger partial charge in [0.2, 0.25) is 0 Å². The van der Waals surface area contributed by atoms with E-state index in [4.69, 9.17) is 10.00 Å². The number of carbonyl (C=O) groups excluding carboxylic acids is 1. The lowest BCUT2D eigenvalue weighted by Gasteiger charge is -2.23. The van der Waals surface area contributed by atoms with Crippen molar-refractivity contribution >= 4 is 5.91 Å². The highest BCUT2D eigenvalue weighted by molar-refractivity contribution is 5.94. The Balaban J connectivity index is 2.16. The number of hydrogen-bond donors (Lipinski definition) is 0. The van der Waals surface area contributed by atoms with Crippen LogP contribution in [-0.2, 0) is 6.42 Å². The molecule has 0 fully saturated rings. The molecule has 1 atom stereocenters. The molecule has 0 saturated heterocycles. The fourth-order valence-corrected chi connectivity index (χ4v) is 1.99. The molecule has 1 aromatic rings. The van der Waals surface area contributed by atoms with Crippen molar-refractivity contribution in [1.29, 1.82) is 5.26 Å². The fraction of sp³-hybridized carbons (Fsp3) is 0.429. The molecule has 94 valence electrons. The lowest BCUT2D eigenvalue weighted by atomic mass is 10.1. The van der Waals surface area contributed by atoms with E-state index in [0.29, 0.717) is 18.6 Å². The van der Waals surface area contributed by atoms with Crippen molar-refractivity contribution < 1.29 is 9.53 Å². The van der Waals surface area contributed by atoms with Crippen molar-refractivity contribution in [2.45, 2.75) is 25.8 Å². The highest BCUT2D eigenvalue weighted by Gasteiger charge is 2.20. The van der Waals surface area contributed by atoms with E-state index >= 15 is 0 Å². The molecular formula is C14H16N2O2. The van der Waals surface area contributed by atoms with Gasteiger partial charge in [0.25, 0.3) is 5.91 Å². The van der Waals surface area contributed by atoms with E-state index in [1.54, 1.807) is 18.0 Å². The van der Waals surface area contributed by atoms with E-state index < -0.39 is 0 Å². The van der Waals surface area contributed by atoms with E-state index in [1.165, 1.54) is 0 Å². The summed E-state index contributed by atoms with van der Waals surface area (Å²) in [4.78, 5) is 13.8. The number of benzene rings is 1. The van der Waals surface area contributed by atoms with Gasteiger partial charge >= 0.3 is 0 Å². The first-order valence-electron chi connectivity index (χ1n) is 6.03. The molecule has 0 N–H and O–H groups in total. The van der Waals surface area contributed by atoms with Gasteiger partial charge < -0.3 is 9.64 Å². The Morgan fingerprint density at radius 2 is 2.39 bits per heavy atom. The number of nitriles is 1. The molecule has 1 aromatic carbocycles. The Morgan fingerprint density at radius 1 is 1.61 bits per heavy atom. The topological polar surface area (TPSA) is 53.3 Å². The van der Waals surface area contributed by atoms with Crippen LogP contribution in [0.15, 0.2) is 18.2 Å². The number of carbonyl (C=O) groups is 1. The summed E-state index contributed by atoms with van der Waals surface area (Å²) in [5.41, 5.74) is 1.74. The third kappa shape index (κ3) is 2.30. The molecule has 0 spiro atoms. The quantitative estimate of drug-likeness (QED) is 0.817. The number of rotatable bonds is 3. The smallest absolute Gasteiger partial charge is 0.253 e. The molecule has 1 aliphatic rings. The second-order valence-electron chi connectivity index (χ2n) is 4.55. The zero-order valence-electron chi connectivity index (χ0n) is 10.6. The van der Waals surface area contributed by atoms with E-state index in [9.17, 15) is 4.79 Å². The number of ether oxygens (including phenoxy) is 1. The van der Waals surface area contributed by atoms with Crippen LogP contribution in [0.25, 0.3) is 0 Å². The van der Waals surface area contributed by atoms with Gasteiger partial charge in [-0.05, 0) is 30.7 Å². The van der Waals surface area contributed by atoms with Crippen molar-refractivity contribution in [2.75, 3.05) is 13.7 Å². The third-order valence-corrected chi connectivity index (χ3v) is 3.30. The minimum atomic E-state index is -0.0768. The molecule has 2 rings (SSSR count). The number of hydrogen-bond acceptors (Lipinski definition) is 3. The van der Waals surface area contributed by atoms with Crippen molar-refractivity contribution in [2.24, 2.45) is 0 Å². The van der Waals surface area contributed by atoms with Crippen LogP contribution >= 0.6 is 0 Å². The van der Waals surface area contributed by atoms with Gasteiger partial charge in [-0.25, -0.2) is 0 Å². The standard InChI is InChI=1S/C14H16N2O2/c1-10(5-7-15)16(2)14(17)12-3-4-13-11(9-12)6-8-18-13/h3-4,9-10H,5-6,8H2,1-2H3. The molecule has 4 heteroatoms. The highest BCUT2D eigenvalue weighted by Crippen LogP contribution is 2.26. The molecular weight excluding hydrogens is 228 g/mol. The molecule has 1 unspecified atom stereocenters. The van der Waals surface area contributed by atoms with Crippen LogP contribution in [0.1, 0.15) is 29.3 Å². The van der Waals surface area contributed by atoms with Gasteiger partial charge in [0.1, 0.15) is 5.75 Å². The van der Waals surface area contributed by atoms with Crippen LogP contribution in [0, 0.1) is 11.3 Å². The van der Waals surface area contributed by atoms with Crippen LogP contribution in [0.5, 0.6) is 5.75 Å². The maximum absolute atomic E-state index is 12.2. The second kappa shape index (κ2) is 5.09. The first kappa shape index (κ1) is 12.4. The number of nitrogens with zero attached hydrogens (tertiary/aromatic N) is 2. The van der Waals surface area contributed by atoms with Crippen molar-refractivity contribution in [3.05, 3.63) is 29.3 Å². The van der Waals surface area contributed by atoms with Gasteiger partial charge in [0.05, 0.1) is 19.1 Å². The number of amides is 1. The van der Waals surface area contributed by atoms with Gasteiger partial charge in [-0.1, -0.05) is 0 Å². The van der Waals surface area contributed by atoms with Crippen LogP contribution in [-0.4, -0.2) is 30.5 Å². The van der Waals surface area contributed by atoms with Crippen molar-refractivity contribution in [3.63, 3.8) is 0 Å². The molecule has 18 heavy (non-hydrogen) atoms. The zero-order chi connectivity index (χ0) is 13.1. The summed E-state index contributed by atoms with van der Waals surface area (Å²) in [6.07, 6.45) is 1.20. The largest absolute Gasteiger partial charge is 0.493 e. The summed E-state index contributed by atoms with van der Waals surface area (Å²) in [6, 6.07) is 7.52. The van der Waals surface area contributed by atoms with Gasteiger partial charge in [-0.15, -0.1) is 0 Å². The van der Waals surface area contributed by atoms with Gasteiger partial charge in [-0.2, -0.15) is 5.26 Å². The Kier molecular flexibility index (Phi) is 3.52. The summed E-state index contributed by atoms with van der Waals surface area (Å²) in [6.45, 7) is 2.56. The lowest BCUT2D eigenvalue weighted by Crippen LogP contribution is -2.34. The molecule has 4 nitrogen and oxygen atoms in total. The van der Waals surface area contributed by atoms with E-state index in [2.05, 4.69) is 6.07 Å². The molecule has 0 aliphatic carbocycles. The molecule has 1 aliphatic heterocycles. The van der Waals surface area contributed by atoms with Crippen LogP contribution < -0.4 is 4.74 Å². The first-order chi connectivity index (χ1) is 8.63. The summed E-state index contributed by atoms with van der Waals surface area (Å²) < 4.78 is 5.41. The number of fused-ring (bicyclic) bond motifs is 1. The fourth-order valence-electron chi connectivity index (χ4n) is 1.99. The Labute approximate surface area is 107 Å². The summed E-state index contributed by atoms with van der Waals surface area (Å²) in [5, 5.41) is 8.66. The second-order valence-corrected chi connectivity index (χ2v) is 4.55. The average molecular weight is 244 g/mol. The van der Waals surface area contributed by atoms with Crippen LogP contribution in [0.3, 0.4) is 0 Å². The predicted octanol–water partition coefficient (Wildman–Crippen LogP) is 2.00. The van der Waals surface area contributed by atoms with Gasteiger partial charge in [-0.3, -0.25) is 4.79 Å². The van der Waals surface area contributed by atoms with Crippen LogP contribution in [0.2, 0.25) is 0 Å². The SMILES string of the molecule is CC(CC#N)N(C)C(=O)c1ccc2c(c1)CCO2. The summed E-state index contributed by atoms with van der Waals surface area (Å²) >= 11 is 0. The summed E-state index contributed by atoms with van der Waals surface area (Å²) in [7, 11) is 1.73. The Hall–Kier alpha value is -2.02. The Morgan fingerprint density at radius 3 is 3.11 bits per heavy atom. The Bertz CT molecular complexity index is 505. The molecule has 0 bridgehead atoms. The molecule has 1 amide bonds. The summed E-state index contributed by atoms with van der Waals surface area (Å²) in [5.74, 6) is 0.826. The first-order valence-corrected chi connectivity index (χ1v) is 6.03. The van der Waals surface area contributed by atoms with Gasteiger partial charge in [0, 0.05) is 25.1 Å². The maximum atomic E-state index is 12.2. The van der Waals surface area contributed by atoms with E-state index in [-0.39, 0.29) is 11.9 Å². The zero-order valence-corrected chi connectivity index (χ0v) is 10.6. The lowest BCUT2D eigenvalue weighted by molar-refractivity contribution is 0.0746. The van der Waals surface area contributed by atoms with E-state index in [1.807, 2.05) is 19.1 Å². The van der Waals surface area contributed by atoms with Crippen molar-refractivity contribution in [1.82, 2.24) is 4.90 Å². The normalized spacial score (nSPS) is 14.3. The monoisotopic (exact) mass is 244 g/mol. The van der Waals surface area contributed by atoms with Crippen LogP contribution in [0.4, 0.5) is 0 Å². The molecule has 0 saturated carbocycles. The van der Waals surface area contributed by atoms with E-state index in [0.717, 1.165) is 17.7 Å². The maximum Gasteiger partial charge on any atom is 0.253 e. The molecule has 1 heterocycles. The van der Waals surface area contributed by atoms with Crippen molar-refractivity contribution in [3.8, 4) is 11.8 Å². The predicted molar refractivity (Wildman–Crippen MR) is 67.4 cm³/mol. The average Bonchev–Trinajstić information content (AvgIpc) is 2.84. The van der Waals surface area contributed by atoms with Gasteiger partial charge in [0.15, 0.2) is 0 Å². The highest BCUT2D eigenvalue weighted by atomic mass is 16.5. The molecule has 0 aromatic heterocycles. The minimum absolute atomic E-state index is 0.0487.